The topological polar surface area (TPSA) is 103 Å². The fourth-order valence-corrected chi connectivity index (χ4v) is 4.36. The molecule has 0 aliphatic rings. The highest BCUT2D eigenvalue weighted by atomic mass is 32.2. The zero-order chi connectivity index (χ0) is 24.7. The number of rotatable bonds is 10. The number of hydrogen-bond donors (Lipinski definition) is 2. The van der Waals surface area contributed by atoms with Gasteiger partial charge in [0, 0.05) is 12.1 Å². The van der Waals surface area contributed by atoms with E-state index in [1.807, 2.05) is 25.1 Å². The highest BCUT2D eigenvalue weighted by Gasteiger charge is 2.18. The van der Waals surface area contributed by atoms with Crippen LogP contribution in [0.5, 0.6) is 17.2 Å². The Kier molecular flexibility index (Phi) is 8.14. The third kappa shape index (κ3) is 6.06. The highest BCUT2D eigenvalue weighted by molar-refractivity contribution is 7.89. The summed E-state index contributed by atoms with van der Waals surface area (Å²) in [4.78, 5) is 12.6. The predicted molar refractivity (Wildman–Crippen MR) is 131 cm³/mol. The lowest BCUT2D eigenvalue weighted by Crippen LogP contribution is -2.26. The maximum Gasteiger partial charge on any atom is 0.255 e. The van der Waals surface area contributed by atoms with Crippen LogP contribution in [0, 0.1) is 6.92 Å². The molecule has 1 amide bonds. The molecule has 0 aromatic heterocycles. The van der Waals surface area contributed by atoms with E-state index >= 15 is 0 Å². The Labute approximate surface area is 199 Å². The average molecular weight is 485 g/mol. The number of anilines is 1. The smallest absolute Gasteiger partial charge is 0.255 e. The summed E-state index contributed by atoms with van der Waals surface area (Å²) < 4.78 is 44.2. The summed E-state index contributed by atoms with van der Waals surface area (Å²) in [5, 5.41) is 2.73. The van der Waals surface area contributed by atoms with Gasteiger partial charge in [-0.1, -0.05) is 23.8 Å². The molecule has 180 valence electrons. The Morgan fingerprint density at radius 2 is 1.47 bits per heavy atom. The minimum absolute atomic E-state index is 0.0137. The fraction of sp³-hybridized carbons (Fsp3) is 0.240. The summed E-state index contributed by atoms with van der Waals surface area (Å²) in [5.74, 6) is 1.16. The molecule has 0 aliphatic carbocycles. The molecule has 0 atom stereocenters. The normalized spacial score (nSPS) is 11.1. The van der Waals surface area contributed by atoms with E-state index in [0.29, 0.717) is 29.2 Å². The Morgan fingerprint density at radius 1 is 0.824 bits per heavy atom. The van der Waals surface area contributed by atoms with Crippen molar-refractivity contribution in [3.63, 3.8) is 0 Å². The molecule has 0 saturated heterocycles. The van der Waals surface area contributed by atoms with Crippen LogP contribution in [0.1, 0.15) is 21.5 Å². The van der Waals surface area contributed by atoms with Crippen molar-refractivity contribution in [3.05, 3.63) is 77.4 Å². The number of carbonyl (C=O) groups is 1. The van der Waals surface area contributed by atoms with Gasteiger partial charge in [0.1, 0.15) is 5.75 Å². The minimum atomic E-state index is -3.83. The Balaban J connectivity index is 1.72. The van der Waals surface area contributed by atoms with E-state index in [4.69, 9.17) is 14.2 Å². The first-order valence-electron chi connectivity index (χ1n) is 10.5. The first kappa shape index (κ1) is 25.1. The van der Waals surface area contributed by atoms with Crippen LogP contribution in [0.4, 0.5) is 5.69 Å². The van der Waals surface area contributed by atoms with E-state index in [1.165, 1.54) is 25.3 Å². The van der Waals surface area contributed by atoms with Crippen LogP contribution in [-0.2, 0) is 16.4 Å². The predicted octanol–water partition coefficient (Wildman–Crippen LogP) is 3.79. The number of sulfonamides is 1. The lowest BCUT2D eigenvalue weighted by molar-refractivity contribution is 0.102. The molecule has 0 fully saturated rings. The number of nitrogens with one attached hydrogen (secondary N) is 2. The van der Waals surface area contributed by atoms with Crippen LogP contribution in [0.2, 0.25) is 0 Å². The van der Waals surface area contributed by atoms with Crippen molar-refractivity contribution in [1.29, 1.82) is 0 Å². The lowest BCUT2D eigenvalue weighted by atomic mass is 10.1. The SMILES string of the molecule is COc1ccc(S(=O)(=O)NCCc2ccc(OC)c(OC)c2)cc1NC(=O)c1ccc(C)cc1. The summed E-state index contributed by atoms with van der Waals surface area (Å²) in [5.41, 5.74) is 2.63. The van der Waals surface area contributed by atoms with Crippen LogP contribution in [0.25, 0.3) is 0 Å². The molecule has 0 spiro atoms. The van der Waals surface area contributed by atoms with Gasteiger partial charge in [0.05, 0.1) is 31.9 Å². The average Bonchev–Trinajstić information content (AvgIpc) is 2.84. The molecule has 2 N–H and O–H groups in total. The van der Waals surface area contributed by atoms with E-state index < -0.39 is 10.0 Å². The third-order valence-corrected chi connectivity index (χ3v) is 6.66. The Morgan fingerprint density at radius 3 is 2.12 bits per heavy atom. The van der Waals surface area contributed by atoms with E-state index in [1.54, 1.807) is 38.5 Å². The zero-order valence-corrected chi connectivity index (χ0v) is 20.4. The van der Waals surface area contributed by atoms with Crippen molar-refractivity contribution in [2.75, 3.05) is 33.2 Å². The summed E-state index contributed by atoms with van der Waals surface area (Å²) in [6, 6.07) is 16.8. The number of methoxy groups -OCH3 is 3. The minimum Gasteiger partial charge on any atom is -0.495 e. The molecular weight excluding hydrogens is 456 g/mol. The molecule has 34 heavy (non-hydrogen) atoms. The zero-order valence-electron chi connectivity index (χ0n) is 19.5. The van der Waals surface area contributed by atoms with Crippen molar-refractivity contribution >= 4 is 21.6 Å². The highest BCUT2D eigenvalue weighted by Crippen LogP contribution is 2.29. The first-order valence-corrected chi connectivity index (χ1v) is 12.0. The van der Waals surface area contributed by atoms with E-state index in [0.717, 1.165) is 11.1 Å². The van der Waals surface area contributed by atoms with Crippen molar-refractivity contribution < 1.29 is 27.4 Å². The number of hydrogen-bond acceptors (Lipinski definition) is 6. The largest absolute Gasteiger partial charge is 0.495 e. The van der Waals surface area contributed by atoms with Crippen LogP contribution < -0.4 is 24.2 Å². The molecule has 9 heteroatoms. The fourth-order valence-electron chi connectivity index (χ4n) is 3.30. The molecule has 3 aromatic carbocycles. The van der Waals surface area contributed by atoms with E-state index in [2.05, 4.69) is 10.0 Å². The quantitative estimate of drug-likeness (QED) is 0.454. The van der Waals surface area contributed by atoms with Crippen molar-refractivity contribution in [2.45, 2.75) is 18.2 Å². The molecule has 3 aromatic rings. The van der Waals surface area contributed by atoms with E-state index in [-0.39, 0.29) is 23.0 Å². The van der Waals surface area contributed by atoms with Gasteiger partial charge in [-0.15, -0.1) is 0 Å². The molecule has 0 bridgehead atoms. The van der Waals surface area contributed by atoms with Crippen molar-refractivity contribution in [1.82, 2.24) is 4.72 Å². The molecular formula is C25H28N2O6S. The van der Waals surface area contributed by atoms with Gasteiger partial charge < -0.3 is 19.5 Å². The Bertz CT molecular complexity index is 1260. The van der Waals surface area contributed by atoms with Gasteiger partial charge in [0.25, 0.3) is 5.91 Å². The van der Waals surface area contributed by atoms with Gasteiger partial charge in [-0.25, -0.2) is 13.1 Å². The number of amides is 1. The van der Waals surface area contributed by atoms with Crippen molar-refractivity contribution in [3.8, 4) is 17.2 Å². The maximum absolute atomic E-state index is 12.9. The lowest BCUT2D eigenvalue weighted by Gasteiger charge is -2.13. The molecule has 3 rings (SSSR count). The van der Waals surface area contributed by atoms with Gasteiger partial charge >= 0.3 is 0 Å². The van der Waals surface area contributed by atoms with Gasteiger partial charge in [0.2, 0.25) is 10.0 Å². The summed E-state index contributed by atoms with van der Waals surface area (Å²) in [6.45, 7) is 2.10. The summed E-state index contributed by atoms with van der Waals surface area (Å²) >= 11 is 0. The van der Waals surface area contributed by atoms with Crippen LogP contribution in [0.3, 0.4) is 0 Å². The second kappa shape index (κ2) is 11.0. The van der Waals surface area contributed by atoms with Gasteiger partial charge in [-0.3, -0.25) is 4.79 Å². The molecule has 0 aliphatic heterocycles. The molecule has 0 saturated carbocycles. The van der Waals surface area contributed by atoms with E-state index in [9.17, 15) is 13.2 Å². The van der Waals surface area contributed by atoms with Gasteiger partial charge in [-0.05, 0) is 61.4 Å². The molecule has 0 unspecified atom stereocenters. The number of aryl methyl sites for hydroxylation is 1. The number of ether oxygens (including phenoxy) is 3. The molecule has 0 heterocycles. The van der Waals surface area contributed by atoms with Crippen molar-refractivity contribution in [2.24, 2.45) is 0 Å². The first-order chi connectivity index (χ1) is 16.3. The number of carbonyl (C=O) groups excluding carboxylic acids is 1. The van der Waals surface area contributed by atoms with Crippen LogP contribution in [0.15, 0.2) is 65.6 Å². The monoisotopic (exact) mass is 484 g/mol. The molecule has 8 nitrogen and oxygen atoms in total. The number of benzene rings is 3. The van der Waals surface area contributed by atoms with Crippen LogP contribution in [-0.4, -0.2) is 42.2 Å². The second-order valence-electron chi connectivity index (χ2n) is 7.52. The second-order valence-corrected chi connectivity index (χ2v) is 9.29. The summed E-state index contributed by atoms with van der Waals surface area (Å²) in [6.07, 6.45) is 0.451. The Hall–Kier alpha value is -3.56. The van der Waals surface area contributed by atoms with Gasteiger partial charge in [0.15, 0.2) is 11.5 Å². The maximum atomic E-state index is 12.9. The van der Waals surface area contributed by atoms with Crippen LogP contribution >= 0.6 is 0 Å². The molecule has 0 radical (unpaired) electrons. The summed E-state index contributed by atoms with van der Waals surface area (Å²) in [7, 11) is 0.724. The van der Waals surface area contributed by atoms with Gasteiger partial charge in [-0.2, -0.15) is 0 Å². The third-order valence-electron chi connectivity index (χ3n) is 5.20. The standard InChI is InChI=1S/C25H28N2O6S/c1-17-5-8-19(9-6-17)25(28)27-21-16-20(10-12-22(21)31-2)34(29,30)26-14-13-18-7-11-23(32-3)24(15-18)33-4/h5-12,15-16,26H,13-14H2,1-4H3,(H,27,28).